The summed E-state index contributed by atoms with van der Waals surface area (Å²) in [7, 11) is 3.95. The van der Waals surface area contributed by atoms with E-state index in [-0.39, 0.29) is 28.1 Å². The first-order valence-corrected chi connectivity index (χ1v) is 12.3. The zero-order chi connectivity index (χ0) is 26.5. The first kappa shape index (κ1) is 26.4. The van der Waals surface area contributed by atoms with E-state index in [1.807, 2.05) is 31.1 Å². The lowest BCUT2D eigenvalue weighted by atomic mass is 10.0. The molecule has 1 N–H and O–H groups in total. The molecule has 37 heavy (non-hydrogen) atoms. The maximum absolute atomic E-state index is 13.3. The number of nitro benzene ring substituents is 1. The van der Waals surface area contributed by atoms with Crippen LogP contribution in [0.25, 0.3) is 0 Å². The van der Waals surface area contributed by atoms with E-state index in [0.717, 1.165) is 43.1 Å². The summed E-state index contributed by atoms with van der Waals surface area (Å²) in [5.41, 5.74) is 2.96. The van der Waals surface area contributed by atoms with Gasteiger partial charge >= 0.3 is 0 Å². The minimum atomic E-state index is -0.553. The number of carbonyl (C=O) groups is 1. The fourth-order valence-electron chi connectivity index (χ4n) is 4.48. The molecule has 10 heteroatoms. The quantitative estimate of drug-likeness (QED) is 0.338. The van der Waals surface area contributed by atoms with Gasteiger partial charge in [0.1, 0.15) is 5.82 Å². The summed E-state index contributed by atoms with van der Waals surface area (Å²) >= 11 is 6.18. The van der Waals surface area contributed by atoms with E-state index in [9.17, 15) is 19.3 Å². The summed E-state index contributed by atoms with van der Waals surface area (Å²) < 4.78 is 13.3. The van der Waals surface area contributed by atoms with Crippen molar-refractivity contribution in [3.05, 3.63) is 98.8 Å². The molecule has 8 nitrogen and oxygen atoms in total. The number of nitro groups is 1. The number of hydrogen-bond donors (Lipinski definition) is 1. The molecule has 0 radical (unpaired) electrons. The lowest BCUT2D eigenvalue weighted by Gasteiger charge is -2.40. The van der Waals surface area contributed by atoms with Gasteiger partial charge in [0.15, 0.2) is 0 Å². The molecule has 1 saturated heterocycles. The number of benzene rings is 3. The van der Waals surface area contributed by atoms with Gasteiger partial charge in [-0.2, -0.15) is 0 Å². The van der Waals surface area contributed by atoms with Crippen molar-refractivity contribution < 1.29 is 14.1 Å². The Morgan fingerprint density at radius 2 is 1.70 bits per heavy atom. The Balaban J connectivity index is 1.51. The minimum Gasteiger partial charge on any atom is -0.378 e. The van der Waals surface area contributed by atoms with Gasteiger partial charge in [-0.05, 0) is 48.0 Å². The smallest absolute Gasteiger partial charge is 0.270 e. The molecular weight excluding hydrogens is 497 g/mol. The fourth-order valence-corrected chi connectivity index (χ4v) is 4.68. The highest BCUT2D eigenvalue weighted by atomic mass is 35.5. The van der Waals surface area contributed by atoms with Crippen LogP contribution in [-0.2, 0) is 0 Å². The molecule has 194 valence electrons. The van der Waals surface area contributed by atoms with Crippen LogP contribution in [0.1, 0.15) is 22.0 Å². The average molecular weight is 526 g/mol. The van der Waals surface area contributed by atoms with E-state index < -0.39 is 10.8 Å². The number of non-ortho nitro benzene ring substituents is 1. The fraction of sp³-hybridized carbons (Fsp3) is 0.296. The highest BCUT2D eigenvalue weighted by molar-refractivity contribution is 6.33. The van der Waals surface area contributed by atoms with Gasteiger partial charge in [0.25, 0.3) is 11.6 Å². The van der Waals surface area contributed by atoms with Crippen molar-refractivity contribution in [2.45, 2.75) is 6.04 Å². The maximum Gasteiger partial charge on any atom is 0.270 e. The highest BCUT2D eigenvalue weighted by Crippen LogP contribution is 2.27. The molecular formula is C27H29ClFN5O3. The number of carbonyl (C=O) groups excluding carboxylic acids is 1. The van der Waals surface area contributed by atoms with Crippen molar-refractivity contribution in [1.29, 1.82) is 0 Å². The van der Waals surface area contributed by atoms with Gasteiger partial charge in [-0.3, -0.25) is 19.8 Å². The number of rotatable bonds is 8. The topological polar surface area (TPSA) is 82.0 Å². The molecule has 0 saturated carbocycles. The zero-order valence-corrected chi connectivity index (χ0v) is 21.5. The van der Waals surface area contributed by atoms with Crippen LogP contribution >= 0.6 is 11.6 Å². The number of piperazine rings is 1. The molecule has 1 atom stereocenters. The SMILES string of the molecule is CN(C)c1ccc(C(CNC(=O)c2cc([N+](=O)[O-])ccc2Cl)N2CCN(c3ccc(F)cc3)CC2)cc1. The average Bonchev–Trinajstić information content (AvgIpc) is 2.90. The molecule has 3 aromatic rings. The summed E-state index contributed by atoms with van der Waals surface area (Å²) in [5, 5.41) is 14.3. The Kier molecular flexibility index (Phi) is 8.25. The van der Waals surface area contributed by atoms with Gasteiger partial charge in [-0.15, -0.1) is 0 Å². The van der Waals surface area contributed by atoms with E-state index in [1.54, 1.807) is 12.1 Å². The van der Waals surface area contributed by atoms with Crippen LogP contribution in [0.5, 0.6) is 0 Å². The van der Waals surface area contributed by atoms with Crippen molar-refractivity contribution in [3.63, 3.8) is 0 Å². The molecule has 3 aromatic carbocycles. The Morgan fingerprint density at radius 3 is 2.30 bits per heavy atom. The Morgan fingerprint density at radius 1 is 1.05 bits per heavy atom. The van der Waals surface area contributed by atoms with Gasteiger partial charge < -0.3 is 15.1 Å². The maximum atomic E-state index is 13.3. The van der Waals surface area contributed by atoms with Crippen LogP contribution < -0.4 is 15.1 Å². The van der Waals surface area contributed by atoms with Gasteiger partial charge in [0.05, 0.1) is 21.6 Å². The molecule has 0 bridgehead atoms. The molecule has 0 aliphatic carbocycles. The molecule has 1 aliphatic rings. The molecule has 0 aromatic heterocycles. The minimum absolute atomic E-state index is 0.0682. The zero-order valence-electron chi connectivity index (χ0n) is 20.7. The number of halogens is 2. The standard InChI is InChI=1S/C27H29ClFN5O3/c1-31(2)21-7-3-19(4-8-21)26(18-30-27(35)24-17-23(34(36)37)11-12-25(24)28)33-15-13-32(14-16-33)22-9-5-20(29)6-10-22/h3-12,17,26H,13-16,18H2,1-2H3,(H,30,35). The molecule has 4 rings (SSSR count). The van der Waals surface area contributed by atoms with Crippen molar-refractivity contribution in [2.75, 3.05) is 56.6 Å². The largest absolute Gasteiger partial charge is 0.378 e. The van der Waals surface area contributed by atoms with Crippen LogP contribution in [0.3, 0.4) is 0 Å². The lowest BCUT2D eigenvalue weighted by Crippen LogP contribution is -2.50. The summed E-state index contributed by atoms with van der Waals surface area (Å²) in [6.07, 6.45) is 0. The van der Waals surface area contributed by atoms with Gasteiger partial charge in [-0.25, -0.2) is 4.39 Å². The first-order valence-electron chi connectivity index (χ1n) is 12.0. The predicted molar refractivity (Wildman–Crippen MR) is 144 cm³/mol. The number of hydrogen-bond acceptors (Lipinski definition) is 6. The molecule has 1 aliphatic heterocycles. The second-order valence-electron chi connectivity index (χ2n) is 9.13. The number of nitrogens with zero attached hydrogens (tertiary/aromatic N) is 4. The first-order chi connectivity index (χ1) is 17.7. The lowest BCUT2D eigenvalue weighted by molar-refractivity contribution is -0.384. The highest BCUT2D eigenvalue weighted by Gasteiger charge is 2.26. The number of nitrogens with one attached hydrogen (secondary N) is 1. The van der Waals surface area contributed by atoms with Crippen molar-refractivity contribution >= 4 is 34.6 Å². The Hall–Kier alpha value is -3.69. The number of amides is 1. The second kappa shape index (κ2) is 11.6. The summed E-state index contributed by atoms with van der Waals surface area (Å²) in [6.45, 7) is 3.29. The molecule has 1 unspecified atom stereocenters. The van der Waals surface area contributed by atoms with E-state index in [1.165, 1.54) is 30.3 Å². The third-order valence-electron chi connectivity index (χ3n) is 6.60. The molecule has 1 heterocycles. The van der Waals surface area contributed by atoms with E-state index >= 15 is 0 Å². The predicted octanol–water partition coefficient (Wildman–Crippen LogP) is 4.75. The number of anilines is 2. The van der Waals surface area contributed by atoms with Gasteiger partial charge in [-0.1, -0.05) is 23.7 Å². The Bertz CT molecular complexity index is 1250. The Labute approximate surface area is 220 Å². The van der Waals surface area contributed by atoms with Gasteiger partial charge in [0.2, 0.25) is 0 Å². The molecule has 1 amide bonds. The summed E-state index contributed by atoms with van der Waals surface area (Å²) in [4.78, 5) is 30.1. The van der Waals surface area contributed by atoms with Crippen LogP contribution in [0, 0.1) is 15.9 Å². The summed E-state index contributed by atoms with van der Waals surface area (Å²) in [5.74, 6) is -0.725. The normalized spacial score (nSPS) is 14.8. The molecule has 1 fully saturated rings. The van der Waals surface area contributed by atoms with E-state index in [4.69, 9.17) is 11.6 Å². The van der Waals surface area contributed by atoms with Crippen molar-refractivity contribution in [3.8, 4) is 0 Å². The van der Waals surface area contributed by atoms with Crippen LogP contribution in [0.15, 0.2) is 66.7 Å². The van der Waals surface area contributed by atoms with Crippen LogP contribution in [0.4, 0.5) is 21.5 Å². The third kappa shape index (κ3) is 6.36. The van der Waals surface area contributed by atoms with Gasteiger partial charge in [0, 0.05) is 70.3 Å². The van der Waals surface area contributed by atoms with Crippen molar-refractivity contribution in [2.24, 2.45) is 0 Å². The van der Waals surface area contributed by atoms with Crippen LogP contribution in [-0.4, -0.2) is 62.5 Å². The summed E-state index contributed by atoms with van der Waals surface area (Å²) in [6, 6.07) is 18.4. The second-order valence-corrected chi connectivity index (χ2v) is 9.54. The third-order valence-corrected chi connectivity index (χ3v) is 6.93. The monoisotopic (exact) mass is 525 g/mol. The van der Waals surface area contributed by atoms with Crippen molar-refractivity contribution in [1.82, 2.24) is 10.2 Å². The van der Waals surface area contributed by atoms with E-state index in [2.05, 4.69) is 27.2 Å². The van der Waals surface area contributed by atoms with E-state index in [0.29, 0.717) is 6.54 Å². The van der Waals surface area contributed by atoms with Crippen LogP contribution in [0.2, 0.25) is 5.02 Å². The molecule has 0 spiro atoms.